The molecule has 1 aromatic carbocycles. The van der Waals surface area contributed by atoms with Crippen molar-refractivity contribution < 1.29 is 27.1 Å². The molecule has 2 aromatic rings. The van der Waals surface area contributed by atoms with Gasteiger partial charge in [0.15, 0.2) is 11.6 Å². The molecule has 0 amide bonds. The molecule has 0 radical (unpaired) electrons. The van der Waals surface area contributed by atoms with E-state index in [-0.39, 0.29) is 12.4 Å². The zero-order valence-electron chi connectivity index (χ0n) is 10.2. The minimum Gasteiger partial charge on any atom is -0.478 e. The van der Waals surface area contributed by atoms with Crippen molar-refractivity contribution in [2.75, 3.05) is 0 Å². The first-order chi connectivity index (χ1) is 9.81. The van der Waals surface area contributed by atoms with Crippen LogP contribution in [0.2, 0.25) is 0 Å². The molecule has 0 atom stereocenters. The average molecular weight is 318 g/mol. The second-order valence-corrected chi connectivity index (χ2v) is 5.57. The Morgan fingerprint density at radius 2 is 2.10 bits per heavy atom. The summed E-state index contributed by atoms with van der Waals surface area (Å²) in [6.07, 6.45) is 1.13. The van der Waals surface area contributed by atoms with Crippen LogP contribution in [0.5, 0.6) is 0 Å². The molecule has 0 bridgehead atoms. The minimum absolute atomic E-state index is 0.147. The Balaban J connectivity index is 2.37. The van der Waals surface area contributed by atoms with Gasteiger partial charge in [-0.25, -0.2) is 31.7 Å². The van der Waals surface area contributed by atoms with Crippen molar-refractivity contribution in [2.45, 2.75) is 11.4 Å². The van der Waals surface area contributed by atoms with Crippen LogP contribution in [0, 0.1) is 11.6 Å². The van der Waals surface area contributed by atoms with E-state index in [4.69, 9.17) is 5.11 Å². The van der Waals surface area contributed by atoms with Crippen LogP contribution in [0.1, 0.15) is 16.2 Å². The topological polar surface area (TPSA) is 125 Å². The molecule has 112 valence electrons. The van der Waals surface area contributed by atoms with Gasteiger partial charge < -0.3 is 5.11 Å². The summed E-state index contributed by atoms with van der Waals surface area (Å²) in [5.41, 5.74) is -0.686. The summed E-state index contributed by atoms with van der Waals surface area (Å²) in [6, 6.07) is 0.927. The number of hydrogen-bond acceptors (Lipinski definition) is 5. The standard InChI is InChI=1S/C10H8F2N4O4S/c11-6-1-5(10(17)18)2-7(9(6)12)21(19,20)15-3-8-13-4-14-16-8/h1-2,4,15H,3H2,(H,17,18)(H,13,14,16). The first-order valence-corrected chi connectivity index (χ1v) is 6.86. The molecule has 8 nitrogen and oxygen atoms in total. The second-order valence-electron chi connectivity index (χ2n) is 3.83. The van der Waals surface area contributed by atoms with Gasteiger partial charge in [0.2, 0.25) is 10.0 Å². The van der Waals surface area contributed by atoms with E-state index in [1.807, 2.05) is 4.72 Å². The maximum Gasteiger partial charge on any atom is 0.335 e. The first kappa shape index (κ1) is 15.0. The molecule has 11 heteroatoms. The van der Waals surface area contributed by atoms with Crippen molar-refractivity contribution in [3.05, 3.63) is 41.5 Å². The van der Waals surface area contributed by atoms with Gasteiger partial charge in [-0.1, -0.05) is 0 Å². The molecular weight excluding hydrogens is 310 g/mol. The zero-order valence-corrected chi connectivity index (χ0v) is 11.0. The van der Waals surface area contributed by atoms with E-state index in [0.717, 1.165) is 6.33 Å². The van der Waals surface area contributed by atoms with Crippen molar-refractivity contribution in [1.29, 1.82) is 0 Å². The molecule has 0 saturated heterocycles. The van der Waals surface area contributed by atoms with Crippen LogP contribution in [0.15, 0.2) is 23.4 Å². The van der Waals surface area contributed by atoms with E-state index < -0.39 is 38.1 Å². The third-order valence-electron chi connectivity index (χ3n) is 2.43. The van der Waals surface area contributed by atoms with Crippen LogP contribution < -0.4 is 4.72 Å². The lowest BCUT2D eigenvalue weighted by atomic mass is 10.2. The number of aromatic carboxylic acids is 1. The summed E-state index contributed by atoms with van der Waals surface area (Å²) in [5, 5.41) is 14.6. The number of carboxylic acid groups (broad SMARTS) is 1. The summed E-state index contributed by atoms with van der Waals surface area (Å²) < 4.78 is 52.6. The number of aromatic amines is 1. The fraction of sp³-hybridized carbons (Fsp3) is 0.100. The third-order valence-corrected chi connectivity index (χ3v) is 3.83. The minimum atomic E-state index is -4.46. The van der Waals surface area contributed by atoms with Gasteiger partial charge in [0, 0.05) is 0 Å². The average Bonchev–Trinajstić information content (AvgIpc) is 2.92. The maximum atomic E-state index is 13.6. The lowest BCUT2D eigenvalue weighted by Gasteiger charge is -2.08. The summed E-state index contributed by atoms with van der Waals surface area (Å²) in [4.78, 5) is 13.3. The Hall–Kier alpha value is -2.40. The largest absolute Gasteiger partial charge is 0.478 e. The van der Waals surface area contributed by atoms with E-state index >= 15 is 0 Å². The Morgan fingerprint density at radius 3 is 2.67 bits per heavy atom. The van der Waals surface area contributed by atoms with Crippen molar-refractivity contribution >= 4 is 16.0 Å². The molecule has 1 aromatic heterocycles. The number of rotatable bonds is 5. The molecule has 0 unspecified atom stereocenters. The van der Waals surface area contributed by atoms with Gasteiger partial charge in [0.05, 0.1) is 12.1 Å². The Bertz CT molecular complexity index is 777. The third kappa shape index (κ3) is 3.20. The highest BCUT2D eigenvalue weighted by Crippen LogP contribution is 2.20. The van der Waals surface area contributed by atoms with E-state index in [0.29, 0.717) is 12.1 Å². The van der Waals surface area contributed by atoms with Crippen LogP contribution in [0.4, 0.5) is 8.78 Å². The number of aromatic nitrogens is 3. The van der Waals surface area contributed by atoms with Gasteiger partial charge in [0.1, 0.15) is 17.0 Å². The SMILES string of the molecule is O=C(O)c1cc(F)c(F)c(S(=O)(=O)NCc2ncn[nH]2)c1. The highest BCUT2D eigenvalue weighted by molar-refractivity contribution is 7.89. The quantitative estimate of drug-likeness (QED) is 0.726. The number of nitrogens with one attached hydrogen (secondary N) is 2. The van der Waals surface area contributed by atoms with Crippen LogP contribution >= 0.6 is 0 Å². The van der Waals surface area contributed by atoms with Crippen LogP contribution in [0.25, 0.3) is 0 Å². The monoisotopic (exact) mass is 318 g/mol. The molecule has 0 fully saturated rings. The van der Waals surface area contributed by atoms with Gasteiger partial charge in [-0.3, -0.25) is 5.10 Å². The number of benzene rings is 1. The number of hydrogen-bond donors (Lipinski definition) is 3. The first-order valence-electron chi connectivity index (χ1n) is 5.37. The summed E-state index contributed by atoms with van der Waals surface area (Å²) in [7, 11) is -4.46. The predicted octanol–water partition coefficient (Wildman–Crippen LogP) is 0.260. The van der Waals surface area contributed by atoms with E-state index in [2.05, 4.69) is 15.2 Å². The summed E-state index contributed by atoms with van der Waals surface area (Å²) >= 11 is 0. The zero-order chi connectivity index (χ0) is 15.6. The smallest absolute Gasteiger partial charge is 0.335 e. The summed E-state index contributed by atoms with van der Waals surface area (Å²) in [6.45, 7) is -0.347. The van der Waals surface area contributed by atoms with Gasteiger partial charge >= 0.3 is 5.97 Å². The molecule has 2 rings (SSSR count). The number of carbonyl (C=O) groups is 1. The highest BCUT2D eigenvalue weighted by Gasteiger charge is 2.24. The van der Waals surface area contributed by atoms with Crippen LogP contribution in [0.3, 0.4) is 0 Å². The Labute approximate surface area is 116 Å². The van der Waals surface area contributed by atoms with Gasteiger partial charge in [-0.05, 0) is 12.1 Å². The van der Waals surface area contributed by atoms with Gasteiger partial charge in [-0.2, -0.15) is 5.10 Å². The number of carboxylic acids is 1. The molecule has 0 aliphatic rings. The predicted molar refractivity (Wildman–Crippen MR) is 63.7 cm³/mol. The molecule has 0 saturated carbocycles. The lowest BCUT2D eigenvalue weighted by Crippen LogP contribution is -2.25. The normalized spacial score (nSPS) is 11.5. The highest BCUT2D eigenvalue weighted by atomic mass is 32.2. The second kappa shape index (κ2) is 5.54. The van der Waals surface area contributed by atoms with Crippen molar-refractivity contribution in [2.24, 2.45) is 0 Å². The fourth-order valence-electron chi connectivity index (χ4n) is 1.44. The van der Waals surface area contributed by atoms with Crippen molar-refractivity contribution in [3.8, 4) is 0 Å². The maximum absolute atomic E-state index is 13.6. The van der Waals surface area contributed by atoms with Crippen molar-refractivity contribution in [1.82, 2.24) is 19.9 Å². The van der Waals surface area contributed by atoms with Crippen LogP contribution in [-0.2, 0) is 16.6 Å². The Kier molecular flexibility index (Phi) is 3.95. The summed E-state index contributed by atoms with van der Waals surface area (Å²) in [5.74, 6) is -4.67. The molecule has 3 N–H and O–H groups in total. The molecule has 0 aliphatic carbocycles. The molecule has 0 spiro atoms. The number of nitrogens with zero attached hydrogens (tertiary/aromatic N) is 2. The lowest BCUT2D eigenvalue weighted by molar-refractivity contribution is 0.0696. The molecule has 0 aliphatic heterocycles. The molecule has 21 heavy (non-hydrogen) atoms. The Morgan fingerprint density at radius 1 is 1.38 bits per heavy atom. The van der Waals surface area contributed by atoms with Gasteiger partial charge in [0.25, 0.3) is 0 Å². The fourth-order valence-corrected chi connectivity index (χ4v) is 2.54. The van der Waals surface area contributed by atoms with Gasteiger partial charge in [-0.15, -0.1) is 0 Å². The van der Waals surface area contributed by atoms with E-state index in [9.17, 15) is 22.0 Å². The molecule has 1 heterocycles. The van der Waals surface area contributed by atoms with E-state index in [1.165, 1.54) is 0 Å². The molecular formula is C10H8F2N4O4S. The number of H-pyrrole nitrogens is 1. The van der Waals surface area contributed by atoms with Crippen LogP contribution in [-0.4, -0.2) is 34.7 Å². The number of sulfonamides is 1. The number of halogens is 2. The van der Waals surface area contributed by atoms with E-state index in [1.54, 1.807) is 0 Å². The van der Waals surface area contributed by atoms with Crippen molar-refractivity contribution in [3.63, 3.8) is 0 Å².